The Morgan fingerprint density at radius 2 is 2.05 bits per heavy atom. The molecular formula is C14H17ClFNO2. The maximum atomic E-state index is 13.3. The third-order valence-corrected chi connectivity index (χ3v) is 3.71. The van der Waals surface area contributed by atoms with Crippen LogP contribution >= 0.6 is 11.6 Å². The van der Waals surface area contributed by atoms with Crippen LogP contribution in [-0.2, 0) is 11.3 Å². The molecule has 1 saturated carbocycles. The van der Waals surface area contributed by atoms with Gasteiger partial charge in [0.05, 0.1) is 6.54 Å². The standard InChI is InChI=1S/C14H17ClFNO2/c15-11-5-10(6-12(16)7-11)8-17(9-14(18)19)13-3-1-2-4-13/h5-7,13H,1-4,8-9H2,(H,18,19). The SMILES string of the molecule is O=C(O)CN(Cc1cc(F)cc(Cl)c1)C1CCCC1. The molecule has 0 bridgehead atoms. The molecule has 1 aliphatic carbocycles. The van der Waals surface area contributed by atoms with Crippen molar-refractivity contribution >= 4 is 17.6 Å². The number of carboxylic acid groups (broad SMARTS) is 1. The van der Waals surface area contributed by atoms with Crippen LogP contribution in [0.1, 0.15) is 31.2 Å². The Labute approximate surface area is 117 Å². The molecule has 3 nitrogen and oxygen atoms in total. The average Bonchev–Trinajstić information content (AvgIpc) is 2.79. The highest BCUT2D eigenvalue weighted by Gasteiger charge is 2.24. The Morgan fingerprint density at radius 1 is 1.37 bits per heavy atom. The van der Waals surface area contributed by atoms with E-state index in [2.05, 4.69) is 0 Å². The van der Waals surface area contributed by atoms with Gasteiger partial charge in [0.15, 0.2) is 0 Å². The van der Waals surface area contributed by atoms with Crippen molar-refractivity contribution in [3.8, 4) is 0 Å². The van der Waals surface area contributed by atoms with Gasteiger partial charge in [-0.25, -0.2) is 4.39 Å². The van der Waals surface area contributed by atoms with Crippen molar-refractivity contribution in [1.29, 1.82) is 0 Å². The summed E-state index contributed by atoms with van der Waals surface area (Å²) < 4.78 is 13.3. The van der Waals surface area contributed by atoms with Crippen LogP contribution in [-0.4, -0.2) is 28.6 Å². The first kappa shape index (κ1) is 14.3. The summed E-state index contributed by atoms with van der Waals surface area (Å²) in [5, 5.41) is 9.33. The predicted molar refractivity (Wildman–Crippen MR) is 71.7 cm³/mol. The van der Waals surface area contributed by atoms with E-state index in [9.17, 15) is 9.18 Å². The highest BCUT2D eigenvalue weighted by atomic mass is 35.5. The summed E-state index contributed by atoms with van der Waals surface area (Å²) >= 11 is 5.82. The second-order valence-corrected chi connectivity index (χ2v) is 5.45. The Kier molecular flexibility index (Phi) is 4.77. The fraction of sp³-hybridized carbons (Fsp3) is 0.500. The van der Waals surface area contributed by atoms with E-state index in [0.29, 0.717) is 11.6 Å². The third-order valence-electron chi connectivity index (χ3n) is 3.49. The van der Waals surface area contributed by atoms with E-state index in [1.807, 2.05) is 4.90 Å². The van der Waals surface area contributed by atoms with E-state index in [0.717, 1.165) is 31.2 Å². The van der Waals surface area contributed by atoms with Crippen LogP contribution in [0.2, 0.25) is 5.02 Å². The number of nitrogens with zero attached hydrogens (tertiary/aromatic N) is 1. The Bertz CT molecular complexity index is 441. The fourth-order valence-corrected chi connectivity index (χ4v) is 2.94. The van der Waals surface area contributed by atoms with E-state index >= 15 is 0 Å². The van der Waals surface area contributed by atoms with Crippen LogP contribution in [0.25, 0.3) is 0 Å². The summed E-state index contributed by atoms with van der Waals surface area (Å²) in [5.41, 5.74) is 0.721. The molecule has 0 saturated heterocycles. The van der Waals surface area contributed by atoms with Gasteiger partial charge in [0, 0.05) is 17.6 Å². The zero-order valence-corrected chi connectivity index (χ0v) is 11.4. The van der Waals surface area contributed by atoms with Gasteiger partial charge in [0.1, 0.15) is 5.82 Å². The number of hydrogen-bond acceptors (Lipinski definition) is 2. The van der Waals surface area contributed by atoms with Crippen molar-refractivity contribution in [1.82, 2.24) is 4.90 Å². The quantitative estimate of drug-likeness (QED) is 0.902. The van der Waals surface area contributed by atoms with Crippen molar-refractivity contribution in [2.24, 2.45) is 0 Å². The summed E-state index contributed by atoms with van der Waals surface area (Å²) in [6, 6.07) is 4.63. The monoisotopic (exact) mass is 285 g/mol. The summed E-state index contributed by atoms with van der Waals surface area (Å²) in [6.07, 6.45) is 4.28. The second-order valence-electron chi connectivity index (χ2n) is 5.01. The average molecular weight is 286 g/mol. The van der Waals surface area contributed by atoms with E-state index in [4.69, 9.17) is 16.7 Å². The maximum Gasteiger partial charge on any atom is 0.317 e. The molecule has 1 N–H and O–H groups in total. The lowest BCUT2D eigenvalue weighted by Gasteiger charge is -2.27. The maximum absolute atomic E-state index is 13.3. The van der Waals surface area contributed by atoms with Crippen LogP contribution in [0.4, 0.5) is 4.39 Å². The van der Waals surface area contributed by atoms with Crippen molar-refractivity contribution < 1.29 is 14.3 Å². The molecule has 1 aliphatic rings. The van der Waals surface area contributed by atoms with Gasteiger partial charge < -0.3 is 5.11 Å². The lowest BCUT2D eigenvalue weighted by atomic mass is 10.1. The van der Waals surface area contributed by atoms with Crippen LogP contribution in [0, 0.1) is 5.82 Å². The molecule has 0 atom stereocenters. The van der Waals surface area contributed by atoms with E-state index in [1.54, 1.807) is 6.07 Å². The van der Waals surface area contributed by atoms with Crippen molar-refractivity contribution in [3.63, 3.8) is 0 Å². The summed E-state index contributed by atoms with van der Waals surface area (Å²) in [6.45, 7) is 0.410. The summed E-state index contributed by atoms with van der Waals surface area (Å²) in [4.78, 5) is 12.9. The zero-order chi connectivity index (χ0) is 13.8. The van der Waals surface area contributed by atoms with E-state index in [1.165, 1.54) is 12.1 Å². The molecule has 2 rings (SSSR count). The number of hydrogen-bond donors (Lipinski definition) is 1. The Balaban J connectivity index is 2.11. The molecule has 0 amide bonds. The van der Waals surface area contributed by atoms with Gasteiger partial charge in [-0.1, -0.05) is 24.4 Å². The molecule has 1 aromatic rings. The molecule has 104 valence electrons. The van der Waals surface area contributed by atoms with Gasteiger partial charge in [-0.3, -0.25) is 9.69 Å². The Morgan fingerprint density at radius 3 is 2.63 bits per heavy atom. The Hall–Kier alpha value is -1.13. The van der Waals surface area contributed by atoms with Gasteiger partial charge in [-0.2, -0.15) is 0 Å². The van der Waals surface area contributed by atoms with Crippen LogP contribution in [0.3, 0.4) is 0 Å². The minimum absolute atomic E-state index is 0.0151. The van der Waals surface area contributed by atoms with Crippen molar-refractivity contribution in [2.45, 2.75) is 38.3 Å². The molecular weight excluding hydrogens is 269 g/mol. The lowest BCUT2D eigenvalue weighted by molar-refractivity contribution is -0.139. The topological polar surface area (TPSA) is 40.5 Å². The highest BCUT2D eigenvalue weighted by molar-refractivity contribution is 6.30. The fourth-order valence-electron chi connectivity index (χ4n) is 2.69. The first-order valence-corrected chi connectivity index (χ1v) is 6.83. The number of rotatable bonds is 5. The first-order valence-electron chi connectivity index (χ1n) is 6.45. The number of aliphatic carboxylic acids is 1. The minimum Gasteiger partial charge on any atom is -0.480 e. The first-order chi connectivity index (χ1) is 9.04. The van der Waals surface area contributed by atoms with Crippen LogP contribution in [0.5, 0.6) is 0 Å². The van der Waals surface area contributed by atoms with Crippen LogP contribution in [0.15, 0.2) is 18.2 Å². The molecule has 1 fully saturated rings. The van der Waals surface area contributed by atoms with Gasteiger partial charge in [-0.05, 0) is 36.6 Å². The van der Waals surface area contributed by atoms with E-state index in [-0.39, 0.29) is 18.4 Å². The molecule has 0 heterocycles. The molecule has 0 unspecified atom stereocenters. The van der Waals surface area contributed by atoms with Crippen molar-refractivity contribution in [2.75, 3.05) is 6.54 Å². The molecule has 19 heavy (non-hydrogen) atoms. The number of carbonyl (C=O) groups is 1. The van der Waals surface area contributed by atoms with E-state index < -0.39 is 5.97 Å². The molecule has 5 heteroatoms. The number of halogens is 2. The normalized spacial score (nSPS) is 16.2. The molecule has 0 aliphatic heterocycles. The zero-order valence-electron chi connectivity index (χ0n) is 10.6. The smallest absolute Gasteiger partial charge is 0.317 e. The van der Waals surface area contributed by atoms with Gasteiger partial charge >= 0.3 is 5.97 Å². The number of benzene rings is 1. The summed E-state index contributed by atoms with van der Waals surface area (Å²) in [5.74, 6) is -1.24. The summed E-state index contributed by atoms with van der Waals surface area (Å²) in [7, 11) is 0. The van der Waals surface area contributed by atoms with Crippen LogP contribution < -0.4 is 0 Å². The molecule has 0 radical (unpaired) electrons. The predicted octanol–water partition coefficient (Wildman–Crippen LogP) is 3.31. The van der Waals surface area contributed by atoms with Gasteiger partial charge in [-0.15, -0.1) is 0 Å². The highest BCUT2D eigenvalue weighted by Crippen LogP contribution is 2.25. The molecule has 1 aromatic carbocycles. The van der Waals surface area contributed by atoms with Gasteiger partial charge in [0.2, 0.25) is 0 Å². The molecule has 0 aromatic heterocycles. The number of carboxylic acids is 1. The third kappa shape index (κ3) is 4.18. The lowest BCUT2D eigenvalue weighted by Crippen LogP contribution is -2.37. The molecule has 0 spiro atoms. The minimum atomic E-state index is -0.852. The van der Waals surface area contributed by atoms with Gasteiger partial charge in [0.25, 0.3) is 0 Å². The largest absolute Gasteiger partial charge is 0.480 e. The second kappa shape index (κ2) is 6.35. The van der Waals surface area contributed by atoms with Crippen molar-refractivity contribution in [3.05, 3.63) is 34.6 Å².